The van der Waals surface area contributed by atoms with Crippen LogP contribution in [-0.2, 0) is 14.2 Å². The van der Waals surface area contributed by atoms with E-state index in [1.165, 1.54) is 0 Å². The van der Waals surface area contributed by atoms with E-state index in [1.807, 2.05) is 0 Å². The first kappa shape index (κ1) is 25.6. The first-order valence-corrected chi connectivity index (χ1v) is 13.9. The van der Waals surface area contributed by atoms with Gasteiger partial charge in [-0.2, -0.15) is 0 Å². The van der Waals surface area contributed by atoms with Crippen molar-refractivity contribution >= 4 is 122 Å². The third-order valence-corrected chi connectivity index (χ3v) is 0. The van der Waals surface area contributed by atoms with Gasteiger partial charge in [0.05, 0.1) is 12.4 Å². The summed E-state index contributed by atoms with van der Waals surface area (Å²) < 4.78 is 17.0. The van der Waals surface area contributed by atoms with E-state index in [0.717, 1.165) is 0 Å². The van der Waals surface area contributed by atoms with Crippen LogP contribution in [0.15, 0.2) is 0 Å². The van der Waals surface area contributed by atoms with Gasteiger partial charge in [-0.25, -0.2) is 0 Å². The molecule has 0 heterocycles. The second-order valence-corrected chi connectivity index (χ2v) is 24.6. The fraction of sp³-hybridized carbons (Fsp3) is 0. The summed E-state index contributed by atoms with van der Waals surface area (Å²) in [5, 5.41) is 3.86. The first-order valence-electron chi connectivity index (χ1n) is 3.36. The molecule has 0 rings (SSSR count). The zero-order valence-corrected chi connectivity index (χ0v) is 16.9. The van der Waals surface area contributed by atoms with Crippen molar-refractivity contribution in [3.63, 3.8) is 0 Å². The van der Waals surface area contributed by atoms with E-state index >= 15 is 0 Å². The van der Waals surface area contributed by atoms with Crippen molar-refractivity contribution in [2.75, 3.05) is 0 Å². The maximum Gasteiger partial charge on any atom is 0.339 e. The van der Waals surface area contributed by atoms with Gasteiger partial charge in [0.25, 0.3) is 6.45 Å². The molecule has 0 saturated heterocycles. The molecule has 0 radical (unpaired) electrons. The summed E-state index contributed by atoms with van der Waals surface area (Å²) in [6, 6.07) is 0. The van der Waals surface area contributed by atoms with Crippen molar-refractivity contribution in [3.05, 3.63) is 0 Å². The molecule has 0 fully saturated rings. The monoisotopic (exact) mass is 509 g/mol. The third kappa shape index (κ3) is 804. The molecule has 1 N–H and O–H groups in total. The van der Waals surface area contributed by atoms with Crippen LogP contribution in [-0.4, -0.2) is 17.3 Å². The number of carboxylic acid groups (broad SMARTS) is 1. The summed E-state index contributed by atoms with van der Waals surface area (Å²) in [5.74, 6) is 0. The average molecular weight is 514 g/mol. The number of hydrogen-bond acceptors (Lipinski definition) is 3. The van der Waals surface area contributed by atoms with Crippen molar-refractivity contribution in [1.29, 1.82) is 0 Å². The minimum Gasteiger partial charge on any atom is -0.483 e. The van der Waals surface area contributed by atoms with Gasteiger partial charge in [-0.3, -0.25) is 14.2 Å². The predicted octanol–water partition coefficient (Wildman–Crippen LogP) is 6.70. The summed E-state index contributed by atoms with van der Waals surface area (Å²) in [6.45, 7) is 0. The molecule has 0 saturated carbocycles. The van der Waals surface area contributed by atoms with Gasteiger partial charge >= 0.3 is 64.8 Å². The normalized spacial score (nSPS) is 12.6. The van der Waals surface area contributed by atoms with E-state index < -0.39 is 20.7 Å². The molecule has 0 aromatic carbocycles. The molecule has 0 spiro atoms. The molecule has 0 unspecified atom stereocenters. The molecule has 0 amide bonds. The van der Waals surface area contributed by atoms with Gasteiger partial charge in [-0.05, 0) is 45.3 Å². The van der Waals surface area contributed by atoms with Gasteiger partial charge in [-0.15, -0.1) is 0 Å². The van der Waals surface area contributed by atoms with Crippen LogP contribution in [0.4, 0.5) is 0 Å². The summed E-state index contributed by atoms with van der Waals surface area (Å²) >= 11 is 43.0. The van der Waals surface area contributed by atoms with Gasteiger partial charge in [0.2, 0.25) is 5.72 Å². The van der Waals surface area contributed by atoms with E-state index in [-0.39, 0.29) is 12.4 Å². The van der Waals surface area contributed by atoms with Crippen LogP contribution in [0.5, 0.6) is 0 Å². The van der Waals surface area contributed by atoms with Gasteiger partial charge in [-0.1, -0.05) is 0 Å². The van der Waals surface area contributed by atoms with Gasteiger partial charge in [0.1, 0.15) is 1.37 Å². The van der Waals surface area contributed by atoms with Crippen molar-refractivity contribution in [2.24, 2.45) is 0 Å². The minimum atomic E-state index is -3.69. The fourth-order valence-electron chi connectivity index (χ4n) is 0. The molecule has 116 valence electrons. The predicted molar refractivity (Wildman–Crippen MR) is 85.4 cm³/mol. The smallest absolute Gasteiger partial charge is 0.339 e. The maximum absolute atomic E-state index is 9.51. The van der Waals surface area contributed by atoms with E-state index in [0.29, 0.717) is 0 Å². The van der Waals surface area contributed by atoms with Crippen molar-refractivity contribution in [1.82, 2.24) is 0 Å². The summed E-state index contributed by atoms with van der Waals surface area (Å²) in [5.41, 5.74) is -1.11. The molecule has 0 atom stereocenters. The summed E-state index contributed by atoms with van der Waals surface area (Å²) in [4.78, 5) is 17.5. The van der Waals surface area contributed by atoms with E-state index in [9.17, 15) is 4.57 Å². The van der Waals surface area contributed by atoms with Crippen LogP contribution in [0.25, 0.3) is 0 Å². The number of hydrogen-bond donors (Lipinski definition) is 1. The molecule has 0 aromatic rings. The molecule has 18 heavy (non-hydrogen) atoms. The van der Waals surface area contributed by atoms with Crippen LogP contribution in [0.1, 0.15) is 2.74 Å². The first-order chi connectivity index (χ1) is 7.70. The average Bonchev–Trinajstić information content (AvgIpc) is 1.67. The molecule has 4 nitrogen and oxygen atoms in total. The SMILES string of the molecule is ClP(Cl)(Cl)(Cl)Cl.O=P(Cl)(Cl)Cl.[3H]C(=O)Cl.[3H]C(=O)O.[ClH2+]. The summed E-state index contributed by atoms with van der Waals surface area (Å²) in [7, 11) is 0. The Kier molecular flexibility index (Phi) is 22.9. The van der Waals surface area contributed by atoms with E-state index in [1.54, 1.807) is 0 Å². The Morgan fingerprint density at radius 2 is 1.06 bits per heavy atom. The second kappa shape index (κ2) is 16.1. The molecule has 0 aliphatic heterocycles. The number of carbonyl (C=O) groups is 2. The molecule has 0 aromatic heterocycles. The maximum atomic E-state index is 9.51. The van der Waals surface area contributed by atoms with Crippen LogP contribution in [0.2, 0.25) is 0 Å². The van der Waals surface area contributed by atoms with Gasteiger partial charge in [0.15, 0.2) is 1.37 Å². The zero-order chi connectivity index (χ0) is 17.1. The Hall–Kier alpha value is 2.70. The standard InChI is InChI=1S/CHClO.CH2O2.Cl5P.Cl3OP.ClH2/c2*2-1-3;1-6(2,3,4)5;1-5(2,3)4;/h1H;1H,(H,2,3);;;1H2/q;;;;+1/i2*1T;;;. The molecule has 16 heteroatoms. The third-order valence-electron chi connectivity index (χ3n) is 0. The van der Waals surface area contributed by atoms with Crippen LogP contribution in [0.3, 0.4) is 0 Å². The molecule has 0 aliphatic rings. The molecular weight excluding hydrogens is 504 g/mol. The molecule has 0 bridgehead atoms. The zero-order valence-electron chi connectivity index (χ0n) is 9.42. The van der Waals surface area contributed by atoms with Crippen molar-refractivity contribution < 1.29 is 34.4 Å². The van der Waals surface area contributed by atoms with Crippen molar-refractivity contribution in [3.8, 4) is 0 Å². The largest absolute Gasteiger partial charge is 0.483 e. The number of halogens is 10. The van der Waals surface area contributed by atoms with E-state index in [4.69, 9.17) is 73.6 Å². The Balaban J connectivity index is -0.0000000499. The Morgan fingerprint density at radius 3 is 1.06 bits per heavy atom. The summed E-state index contributed by atoms with van der Waals surface area (Å²) in [6.07, 6.45) is -1.58. The molecule has 0 aliphatic carbocycles. The van der Waals surface area contributed by atoms with Crippen molar-refractivity contribution in [2.45, 2.75) is 0 Å². The van der Waals surface area contributed by atoms with Crippen LogP contribution >= 0.6 is 110 Å². The Morgan fingerprint density at radius 1 is 1.06 bits per heavy atom. The number of rotatable bonds is 0. The Bertz CT molecular complexity index is 278. The molecular formula is C2H5Cl10O4P2+. The quantitative estimate of drug-likeness (QED) is 0.222. The second-order valence-electron chi connectivity index (χ2n) is 1.21. The topological polar surface area (TPSA) is 71.4 Å². The van der Waals surface area contributed by atoms with Gasteiger partial charge in [0, 0.05) is 0 Å². The van der Waals surface area contributed by atoms with Gasteiger partial charge < -0.3 is 5.11 Å². The fourth-order valence-corrected chi connectivity index (χ4v) is 0. The minimum absolute atomic E-state index is 0. The van der Waals surface area contributed by atoms with Crippen LogP contribution < -0.4 is 0 Å². The Labute approximate surface area is 155 Å². The van der Waals surface area contributed by atoms with Crippen LogP contribution in [0, 0.1) is 12.4 Å². The number of carbonyl (C=O) groups excluding carboxylic acids is 1. The van der Waals surface area contributed by atoms with E-state index in [2.05, 4.69) is 45.3 Å².